The van der Waals surface area contributed by atoms with Gasteiger partial charge in [-0.25, -0.2) is 9.10 Å². The predicted molar refractivity (Wildman–Crippen MR) is 94.8 cm³/mol. The van der Waals surface area contributed by atoms with Crippen LogP contribution < -0.4 is 5.32 Å². The van der Waals surface area contributed by atoms with Crippen molar-refractivity contribution in [2.75, 3.05) is 13.2 Å². The number of nitrogens with one attached hydrogen (secondary N) is 1. The highest BCUT2D eigenvalue weighted by Gasteiger charge is 2.53. The van der Waals surface area contributed by atoms with Crippen LogP contribution in [0.3, 0.4) is 0 Å². The molecule has 11 heteroatoms. The molecule has 1 aliphatic rings. The lowest BCUT2D eigenvalue weighted by Gasteiger charge is -2.43. The van der Waals surface area contributed by atoms with Crippen LogP contribution >= 0.6 is 0 Å². The number of ether oxygens (including phenoxy) is 2. The molecule has 27 heavy (non-hydrogen) atoms. The molecule has 2 atom stereocenters. The fourth-order valence-corrected chi connectivity index (χ4v) is 3.61. The molecule has 0 bridgehead atoms. The number of carbonyl (C=O) groups is 3. The molecular formula is C16H28N2O8S. The van der Waals surface area contributed by atoms with E-state index >= 15 is 0 Å². The van der Waals surface area contributed by atoms with E-state index in [9.17, 15) is 22.8 Å². The molecule has 0 aromatic rings. The minimum atomic E-state index is -4.42. The summed E-state index contributed by atoms with van der Waals surface area (Å²) in [5, 5.41) is 2.34. The van der Waals surface area contributed by atoms with E-state index in [0.29, 0.717) is 4.31 Å². The molecule has 10 nitrogen and oxygen atoms in total. The Morgan fingerprint density at radius 3 is 2.19 bits per heavy atom. The summed E-state index contributed by atoms with van der Waals surface area (Å²) in [6, 6.07) is -1.91. The van der Waals surface area contributed by atoms with Gasteiger partial charge in [-0.1, -0.05) is 0 Å². The van der Waals surface area contributed by atoms with Gasteiger partial charge in [-0.05, 0) is 48.5 Å². The van der Waals surface area contributed by atoms with Crippen molar-refractivity contribution < 1.29 is 36.5 Å². The predicted octanol–water partition coefficient (Wildman–Crippen LogP) is 0.961. The van der Waals surface area contributed by atoms with E-state index < -0.39 is 58.0 Å². The molecule has 1 rings (SSSR count). The van der Waals surface area contributed by atoms with E-state index in [1.165, 1.54) is 20.8 Å². The molecule has 0 spiro atoms. The number of esters is 1. The summed E-state index contributed by atoms with van der Waals surface area (Å²) < 4.78 is 39.9. The Balaban J connectivity index is 2.71. The van der Waals surface area contributed by atoms with Crippen LogP contribution in [0.15, 0.2) is 0 Å². The zero-order valence-corrected chi connectivity index (χ0v) is 17.5. The van der Waals surface area contributed by atoms with Gasteiger partial charge in [0.05, 0.1) is 24.7 Å². The van der Waals surface area contributed by atoms with Crippen molar-refractivity contribution in [1.29, 1.82) is 0 Å². The van der Waals surface area contributed by atoms with E-state index in [-0.39, 0.29) is 6.61 Å². The van der Waals surface area contributed by atoms with E-state index in [2.05, 4.69) is 5.32 Å². The van der Waals surface area contributed by atoms with Crippen molar-refractivity contribution in [3.8, 4) is 0 Å². The smallest absolute Gasteiger partial charge is 0.408 e. The molecule has 0 aromatic carbocycles. The van der Waals surface area contributed by atoms with Gasteiger partial charge in [-0.15, -0.1) is 0 Å². The first-order valence-corrected chi connectivity index (χ1v) is 9.88. The third-order valence-corrected chi connectivity index (χ3v) is 5.06. The number of hydrogen-bond acceptors (Lipinski definition) is 8. The number of alkyl carbamates (subject to hydrolysis) is 1. The number of β-lactam (4-membered cyclic amide) rings is 1. The number of hydrogen-bond donors (Lipinski definition) is 1. The van der Waals surface area contributed by atoms with Crippen molar-refractivity contribution in [1.82, 2.24) is 9.62 Å². The average molecular weight is 408 g/mol. The van der Waals surface area contributed by atoms with Gasteiger partial charge < -0.3 is 14.8 Å². The summed E-state index contributed by atoms with van der Waals surface area (Å²) in [5.74, 6) is -1.46. The van der Waals surface area contributed by atoms with E-state index in [4.69, 9.17) is 13.7 Å². The van der Waals surface area contributed by atoms with E-state index in [1.54, 1.807) is 27.7 Å². The fourth-order valence-electron chi connectivity index (χ4n) is 2.19. The van der Waals surface area contributed by atoms with Crippen molar-refractivity contribution >= 4 is 28.3 Å². The Morgan fingerprint density at radius 2 is 1.74 bits per heavy atom. The first kappa shape index (κ1) is 23.2. The summed E-state index contributed by atoms with van der Waals surface area (Å²) in [5.41, 5.74) is -1.97. The third kappa shape index (κ3) is 5.80. The lowest BCUT2D eigenvalue weighted by molar-refractivity contribution is -0.155. The Morgan fingerprint density at radius 1 is 1.19 bits per heavy atom. The zero-order valence-electron chi connectivity index (χ0n) is 16.7. The maximum Gasteiger partial charge on any atom is 0.408 e. The van der Waals surface area contributed by atoms with E-state index in [0.717, 1.165) is 0 Å². The number of amides is 2. The van der Waals surface area contributed by atoms with Gasteiger partial charge >= 0.3 is 22.4 Å². The zero-order chi connectivity index (χ0) is 21.2. The first-order valence-electron chi connectivity index (χ1n) is 8.52. The number of rotatable bonds is 7. The minimum absolute atomic E-state index is 0.147. The molecule has 1 N–H and O–H groups in total. The van der Waals surface area contributed by atoms with Crippen LogP contribution in [0.5, 0.6) is 0 Å². The second kappa shape index (κ2) is 8.01. The highest BCUT2D eigenvalue weighted by atomic mass is 32.2. The molecule has 156 valence electrons. The Bertz CT molecular complexity index is 696. The standard InChI is InChI=1S/C16H28N2O8S/c1-8-24-13(20)16(6,7)9-25-27(22,23)18-10(2)11(12(18)19)17-14(21)26-15(3,4)5/h10-11H,8-9H2,1-7H3,(H,17,21)/t10-,11-/m0/s1. The van der Waals surface area contributed by atoms with Gasteiger partial charge in [0.15, 0.2) is 0 Å². The maximum absolute atomic E-state index is 12.3. The molecule has 0 radical (unpaired) electrons. The fraction of sp³-hybridized carbons (Fsp3) is 0.812. The molecule has 1 fully saturated rings. The van der Waals surface area contributed by atoms with Crippen molar-refractivity contribution in [2.24, 2.45) is 5.41 Å². The van der Waals surface area contributed by atoms with Crippen molar-refractivity contribution in [3.05, 3.63) is 0 Å². The van der Waals surface area contributed by atoms with Gasteiger partial charge in [-0.3, -0.25) is 13.8 Å². The highest BCUT2D eigenvalue weighted by molar-refractivity contribution is 7.85. The number of carbonyl (C=O) groups excluding carboxylic acids is 3. The van der Waals surface area contributed by atoms with Crippen molar-refractivity contribution in [2.45, 2.75) is 66.2 Å². The molecule has 0 aliphatic carbocycles. The van der Waals surface area contributed by atoms with E-state index in [1.807, 2.05) is 0 Å². The van der Waals surface area contributed by atoms with Gasteiger partial charge in [0, 0.05) is 0 Å². The Kier molecular flexibility index (Phi) is 6.87. The third-order valence-electron chi connectivity index (χ3n) is 3.65. The molecule has 0 unspecified atom stereocenters. The van der Waals surface area contributed by atoms with Crippen LogP contribution in [0.2, 0.25) is 0 Å². The largest absolute Gasteiger partial charge is 0.466 e. The molecule has 1 heterocycles. The summed E-state index contributed by atoms with van der Waals surface area (Å²) in [4.78, 5) is 35.8. The van der Waals surface area contributed by atoms with Crippen LogP contribution in [-0.4, -0.2) is 61.6 Å². The summed E-state index contributed by atoms with van der Waals surface area (Å²) in [7, 11) is -4.42. The summed E-state index contributed by atoms with van der Waals surface area (Å²) >= 11 is 0. The molecule has 2 amide bonds. The highest BCUT2D eigenvalue weighted by Crippen LogP contribution is 2.27. The minimum Gasteiger partial charge on any atom is -0.466 e. The topological polar surface area (TPSA) is 128 Å². The Hall–Kier alpha value is -1.88. The second-order valence-electron chi connectivity index (χ2n) is 7.82. The van der Waals surface area contributed by atoms with Gasteiger partial charge in [0.25, 0.3) is 5.91 Å². The second-order valence-corrected chi connectivity index (χ2v) is 9.31. The first-order chi connectivity index (χ1) is 12.1. The van der Waals surface area contributed by atoms with Crippen LogP contribution in [0.25, 0.3) is 0 Å². The molecule has 0 aromatic heterocycles. The normalized spacial score (nSPS) is 20.7. The summed E-state index contributed by atoms with van der Waals surface area (Å²) in [6.07, 6.45) is -0.825. The van der Waals surface area contributed by atoms with Crippen LogP contribution in [-0.2, 0) is 33.6 Å². The maximum atomic E-state index is 12.3. The summed E-state index contributed by atoms with van der Waals surface area (Å²) in [6.45, 7) is 10.6. The SMILES string of the molecule is CCOC(=O)C(C)(C)COS(=O)(=O)N1C(=O)[C@@H](NC(=O)OC(C)(C)C)[C@@H]1C. The monoisotopic (exact) mass is 408 g/mol. The van der Waals surface area contributed by atoms with Crippen LogP contribution in [0, 0.1) is 5.41 Å². The molecule has 1 saturated heterocycles. The lowest BCUT2D eigenvalue weighted by Crippen LogP contribution is -2.71. The number of nitrogens with zero attached hydrogens (tertiary/aromatic N) is 1. The molecule has 0 saturated carbocycles. The Labute approximate surface area is 159 Å². The van der Waals surface area contributed by atoms with Crippen molar-refractivity contribution in [3.63, 3.8) is 0 Å². The van der Waals surface area contributed by atoms with Gasteiger partial charge in [-0.2, -0.15) is 8.42 Å². The van der Waals surface area contributed by atoms with Gasteiger partial charge in [0.2, 0.25) is 0 Å². The lowest BCUT2D eigenvalue weighted by atomic mass is 9.95. The quantitative estimate of drug-likeness (QED) is 0.487. The molecular weight excluding hydrogens is 380 g/mol. The van der Waals surface area contributed by atoms with Gasteiger partial charge in [0.1, 0.15) is 11.6 Å². The van der Waals surface area contributed by atoms with Crippen LogP contribution in [0.4, 0.5) is 4.79 Å². The average Bonchev–Trinajstić information content (AvgIpc) is 2.49. The van der Waals surface area contributed by atoms with Crippen LogP contribution in [0.1, 0.15) is 48.5 Å². The molecule has 1 aliphatic heterocycles.